The maximum absolute atomic E-state index is 11.9. The molecule has 3 nitrogen and oxygen atoms in total. The van der Waals surface area contributed by atoms with Crippen molar-refractivity contribution in [2.45, 2.75) is 103 Å². The van der Waals surface area contributed by atoms with Crippen LogP contribution in [-0.2, 0) is 11.3 Å². The Balaban J connectivity index is 1.87. The summed E-state index contributed by atoms with van der Waals surface area (Å²) in [5, 5.41) is 3.00. The number of unbranched alkanes of at least 4 members (excludes halogenated alkanes) is 11. The predicted octanol–water partition coefficient (Wildman–Crippen LogP) is 7.35. The average molecular weight is 402 g/mol. The van der Waals surface area contributed by atoms with Crippen LogP contribution < -0.4 is 10.1 Å². The molecule has 29 heavy (non-hydrogen) atoms. The number of carbonyl (C=O) groups is 1. The highest BCUT2D eigenvalue weighted by Crippen LogP contribution is 2.12. The number of rotatable bonds is 18. The number of hydrogen-bond acceptors (Lipinski definition) is 2. The van der Waals surface area contributed by atoms with Gasteiger partial charge in [-0.1, -0.05) is 82.6 Å². The van der Waals surface area contributed by atoms with Crippen LogP contribution in [0.4, 0.5) is 0 Å². The van der Waals surface area contributed by atoms with E-state index in [0.717, 1.165) is 24.2 Å². The molecule has 1 N–H and O–H groups in total. The van der Waals surface area contributed by atoms with Gasteiger partial charge in [0.15, 0.2) is 0 Å². The Kier molecular flexibility index (Phi) is 15.9. The number of benzene rings is 1. The first-order valence-electron chi connectivity index (χ1n) is 11.8. The normalized spacial score (nSPS) is 11.1. The fourth-order valence-electron chi connectivity index (χ4n) is 3.39. The van der Waals surface area contributed by atoms with Crippen LogP contribution in [0.1, 0.15) is 102 Å². The molecule has 3 heteroatoms. The van der Waals surface area contributed by atoms with Crippen LogP contribution in [0.3, 0.4) is 0 Å². The van der Waals surface area contributed by atoms with E-state index in [1.807, 2.05) is 24.3 Å². The smallest absolute Gasteiger partial charge is 0.220 e. The molecule has 1 rings (SSSR count). The molecule has 0 aliphatic rings. The molecular formula is C26H43NO2. The lowest BCUT2D eigenvalue weighted by Crippen LogP contribution is -2.22. The summed E-state index contributed by atoms with van der Waals surface area (Å²) in [6.45, 7) is 2.86. The van der Waals surface area contributed by atoms with Gasteiger partial charge in [0.05, 0.1) is 7.11 Å². The first-order valence-corrected chi connectivity index (χ1v) is 11.8. The average Bonchev–Trinajstić information content (AvgIpc) is 2.75. The highest BCUT2D eigenvalue weighted by molar-refractivity contribution is 5.75. The van der Waals surface area contributed by atoms with Crippen LogP contribution >= 0.6 is 0 Å². The van der Waals surface area contributed by atoms with E-state index in [9.17, 15) is 4.79 Å². The van der Waals surface area contributed by atoms with Crippen molar-refractivity contribution in [3.05, 3.63) is 42.0 Å². The van der Waals surface area contributed by atoms with E-state index in [1.165, 1.54) is 70.6 Å². The molecule has 0 atom stereocenters. The Morgan fingerprint density at radius 2 is 1.38 bits per heavy atom. The van der Waals surface area contributed by atoms with Gasteiger partial charge in [-0.25, -0.2) is 0 Å². The molecule has 0 aromatic heterocycles. The summed E-state index contributed by atoms with van der Waals surface area (Å²) >= 11 is 0. The van der Waals surface area contributed by atoms with Crippen molar-refractivity contribution in [3.8, 4) is 5.75 Å². The van der Waals surface area contributed by atoms with Crippen LogP contribution in [0.15, 0.2) is 36.4 Å². The summed E-state index contributed by atoms with van der Waals surface area (Å²) in [5.41, 5.74) is 1.10. The summed E-state index contributed by atoms with van der Waals surface area (Å²) in [7, 11) is 1.66. The first-order chi connectivity index (χ1) is 14.3. The standard InChI is InChI=1S/C26H43NO2/c1-3-4-5-6-7-8-9-10-11-12-13-14-15-16-17-18-26(28)27-23-24-19-21-25(29-2)22-20-24/h10-11,19-22H,3-9,12-18,23H2,1-2H3,(H,27,28)/b11-10-. The number of methoxy groups -OCH3 is 1. The van der Waals surface area contributed by atoms with Crippen LogP contribution in [0, 0.1) is 0 Å². The van der Waals surface area contributed by atoms with E-state index in [-0.39, 0.29) is 5.91 Å². The summed E-state index contributed by atoms with van der Waals surface area (Å²) < 4.78 is 5.14. The van der Waals surface area contributed by atoms with Gasteiger partial charge in [0.25, 0.3) is 0 Å². The minimum atomic E-state index is 0.151. The summed E-state index contributed by atoms with van der Waals surface area (Å²) in [6, 6.07) is 7.82. The van der Waals surface area contributed by atoms with Crippen LogP contribution in [0.25, 0.3) is 0 Å². The molecule has 0 unspecified atom stereocenters. The Morgan fingerprint density at radius 3 is 1.97 bits per heavy atom. The molecule has 0 aliphatic carbocycles. The molecule has 0 spiro atoms. The Hall–Kier alpha value is -1.77. The third kappa shape index (κ3) is 14.8. The second-order valence-corrected chi connectivity index (χ2v) is 7.96. The minimum absolute atomic E-state index is 0.151. The van der Waals surface area contributed by atoms with Crippen molar-refractivity contribution >= 4 is 5.91 Å². The maximum Gasteiger partial charge on any atom is 0.220 e. The fourth-order valence-corrected chi connectivity index (χ4v) is 3.39. The summed E-state index contributed by atoms with van der Waals surface area (Å²) in [4.78, 5) is 11.9. The number of nitrogens with one attached hydrogen (secondary N) is 1. The lowest BCUT2D eigenvalue weighted by molar-refractivity contribution is -0.121. The van der Waals surface area contributed by atoms with Crippen molar-refractivity contribution < 1.29 is 9.53 Å². The molecule has 1 aromatic carbocycles. The third-order valence-electron chi connectivity index (χ3n) is 5.31. The quantitative estimate of drug-likeness (QED) is 0.206. The van der Waals surface area contributed by atoms with Gasteiger partial charge >= 0.3 is 0 Å². The van der Waals surface area contributed by atoms with Crippen LogP contribution in [0.5, 0.6) is 5.75 Å². The van der Waals surface area contributed by atoms with E-state index in [4.69, 9.17) is 4.74 Å². The van der Waals surface area contributed by atoms with Gasteiger partial charge in [0.1, 0.15) is 5.75 Å². The highest BCUT2D eigenvalue weighted by atomic mass is 16.5. The maximum atomic E-state index is 11.9. The lowest BCUT2D eigenvalue weighted by atomic mass is 10.1. The van der Waals surface area contributed by atoms with E-state index in [0.29, 0.717) is 13.0 Å². The molecule has 0 heterocycles. The monoisotopic (exact) mass is 401 g/mol. The molecule has 1 amide bonds. The molecule has 0 fully saturated rings. The van der Waals surface area contributed by atoms with Crippen molar-refractivity contribution in [2.75, 3.05) is 7.11 Å². The van der Waals surface area contributed by atoms with E-state index < -0.39 is 0 Å². The van der Waals surface area contributed by atoms with Crippen molar-refractivity contribution in [1.29, 1.82) is 0 Å². The first kappa shape index (κ1) is 25.3. The van der Waals surface area contributed by atoms with Gasteiger partial charge in [-0.3, -0.25) is 4.79 Å². The Bertz CT molecular complexity index is 536. The van der Waals surface area contributed by atoms with Gasteiger partial charge in [0.2, 0.25) is 5.91 Å². The topological polar surface area (TPSA) is 38.3 Å². The van der Waals surface area contributed by atoms with Gasteiger partial charge in [0, 0.05) is 13.0 Å². The van der Waals surface area contributed by atoms with E-state index in [2.05, 4.69) is 24.4 Å². The van der Waals surface area contributed by atoms with Crippen molar-refractivity contribution in [1.82, 2.24) is 5.32 Å². The highest BCUT2D eigenvalue weighted by Gasteiger charge is 2.01. The molecule has 0 saturated heterocycles. The second kappa shape index (κ2) is 18.3. The molecule has 0 saturated carbocycles. The second-order valence-electron chi connectivity index (χ2n) is 7.96. The summed E-state index contributed by atoms with van der Waals surface area (Å²) in [5.74, 6) is 0.992. The SMILES string of the molecule is CCCCCCCC/C=C\CCCCCCCC(=O)NCc1ccc(OC)cc1. The molecule has 0 bridgehead atoms. The summed E-state index contributed by atoms with van der Waals surface area (Å²) in [6.07, 6.45) is 22.0. The van der Waals surface area contributed by atoms with E-state index in [1.54, 1.807) is 7.11 Å². The number of amides is 1. The van der Waals surface area contributed by atoms with Gasteiger partial charge < -0.3 is 10.1 Å². The number of carbonyl (C=O) groups excluding carboxylic acids is 1. The van der Waals surface area contributed by atoms with Crippen molar-refractivity contribution in [2.24, 2.45) is 0 Å². The Morgan fingerprint density at radius 1 is 0.828 bits per heavy atom. The zero-order chi connectivity index (χ0) is 21.0. The van der Waals surface area contributed by atoms with Crippen LogP contribution in [-0.4, -0.2) is 13.0 Å². The number of hydrogen-bond donors (Lipinski definition) is 1. The lowest BCUT2D eigenvalue weighted by Gasteiger charge is -2.06. The fraction of sp³-hybridized carbons (Fsp3) is 0.654. The molecule has 0 aliphatic heterocycles. The molecule has 0 radical (unpaired) electrons. The predicted molar refractivity (Wildman–Crippen MR) is 124 cm³/mol. The number of allylic oxidation sites excluding steroid dienone is 2. The van der Waals surface area contributed by atoms with Crippen LogP contribution in [0.2, 0.25) is 0 Å². The zero-order valence-corrected chi connectivity index (χ0v) is 18.9. The molecule has 164 valence electrons. The molecular weight excluding hydrogens is 358 g/mol. The van der Waals surface area contributed by atoms with Gasteiger partial charge in [-0.05, 0) is 49.8 Å². The minimum Gasteiger partial charge on any atom is -0.497 e. The third-order valence-corrected chi connectivity index (χ3v) is 5.31. The zero-order valence-electron chi connectivity index (χ0n) is 18.9. The largest absolute Gasteiger partial charge is 0.497 e. The molecule has 1 aromatic rings. The van der Waals surface area contributed by atoms with Gasteiger partial charge in [-0.15, -0.1) is 0 Å². The van der Waals surface area contributed by atoms with Gasteiger partial charge in [-0.2, -0.15) is 0 Å². The Labute approximate surface area is 179 Å². The van der Waals surface area contributed by atoms with Crippen molar-refractivity contribution in [3.63, 3.8) is 0 Å². The number of ether oxygens (including phenoxy) is 1. The van der Waals surface area contributed by atoms with E-state index >= 15 is 0 Å².